The highest BCUT2D eigenvalue weighted by Gasteiger charge is 2.04. The minimum Gasteiger partial charge on any atom is -0.481 e. The Hall–Kier alpha value is -1.16. The fourth-order valence-corrected chi connectivity index (χ4v) is 2.15. The first-order valence-electron chi connectivity index (χ1n) is 4.35. The van der Waals surface area contributed by atoms with Crippen molar-refractivity contribution in [2.24, 2.45) is 0 Å². The van der Waals surface area contributed by atoms with Gasteiger partial charge in [-0.2, -0.15) is 0 Å². The molecule has 0 aliphatic carbocycles. The van der Waals surface area contributed by atoms with Crippen molar-refractivity contribution >= 4 is 16.8 Å². The van der Waals surface area contributed by atoms with Gasteiger partial charge in [-0.05, 0) is 18.6 Å². The van der Waals surface area contributed by atoms with Crippen LogP contribution in [0.25, 0.3) is 0 Å². The zero-order chi connectivity index (χ0) is 10.4. The van der Waals surface area contributed by atoms with Crippen LogP contribution in [-0.2, 0) is 15.6 Å². The Kier molecular flexibility index (Phi) is 4.32. The third kappa shape index (κ3) is 3.70. The van der Waals surface area contributed by atoms with E-state index in [1.165, 1.54) is 0 Å². The number of hydrogen-bond acceptors (Lipinski definition) is 2. The van der Waals surface area contributed by atoms with Crippen LogP contribution in [-0.4, -0.2) is 21.0 Å². The van der Waals surface area contributed by atoms with Gasteiger partial charge in [-0.3, -0.25) is 9.00 Å². The van der Waals surface area contributed by atoms with Crippen molar-refractivity contribution in [3.05, 3.63) is 30.3 Å². The number of rotatable bonds is 5. The number of carbonyl (C=O) groups is 1. The quantitative estimate of drug-likeness (QED) is 0.807. The normalized spacial score (nSPS) is 12.3. The van der Waals surface area contributed by atoms with Gasteiger partial charge in [0.25, 0.3) is 0 Å². The van der Waals surface area contributed by atoms with Crippen LogP contribution in [0.1, 0.15) is 12.8 Å². The second-order valence-electron chi connectivity index (χ2n) is 2.86. The molecular formula is C10H12O3S. The molecule has 1 aromatic carbocycles. The molecule has 14 heavy (non-hydrogen) atoms. The summed E-state index contributed by atoms with van der Waals surface area (Å²) < 4.78 is 11.5. The summed E-state index contributed by atoms with van der Waals surface area (Å²) in [5.41, 5.74) is 0. The number of hydrogen-bond donors (Lipinski definition) is 1. The highest BCUT2D eigenvalue weighted by atomic mass is 32.2. The fraction of sp³-hybridized carbons (Fsp3) is 0.300. The third-order valence-electron chi connectivity index (χ3n) is 1.73. The Balaban J connectivity index is 2.40. The summed E-state index contributed by atoms with van der Waals surface area (Å²) in [6.45, 7) is 0. The van der Waals surface area contributed by atoms with Crippen LogP contribution in [0.15, 0.2) is 35.2 Å². The van der Waals surface area contributed by atoms with Crippen molar-refractivity contribution < 1.29 is 14.1 Å². The van der Waals surface area contributed by atoms with Crippen molar-refractivity contribution in [1.29, 1.82) is 0 Å². The van der Waals surface area contributed by atoms with E-state index in [0.717, 1.165) is 4.90 Å². The minimum atomic E-state index is -1.06. The summed E-state index contributed by atoms with van der Waals surface area (Å²) in [4.78, 5) is 11.0. The van der Waals surface area contributed by atoms with Crippen LogP contribution in [0, 0.1) is 0 Å². The molecule has 0 aromatic heterocycles. The SMILES string of the molecule is O=C(O)CCCS(=O)c1ccccc1. The number of aliphatic carboxylic acids is 1. The molecule has 0 heterocycles. The van der Waals surface area contributed by atoms with Crippen LogP contribution in [0.5, 0.6) is 0 Å². The highest BCUT2D eigenvalue weighted by molar-refractivity contribution is 7.85. The zero-order valence-corrected chi connectivity index (χ0v) is 8.50. The third-order valence-corrected chi connectivity index (χ3v) is 3.18. The molecule has 0 bridgehead atoms. The molecule has 0 aliphatic heterocycles. The van der Waals surface area contributed by atoms with Gasteiger partial charge in [0.15, 0.2) is 0 Å². The number of carboxylic acid groups (broad SMARTS) is 1. The molecule has 0 saturated carbocycles. The molecular weight excluding hydrogens is 200 g/mol. The first-order valence-corrected chi connectivity index (χ1v) is 5.67. The van der Waals surface area contributed by atoms with Crippen molar-refractivity contribution in [3.63, 3.8) is 0 Å². The van der Waals surface area contributed by atoms with Crippen molar-refractivity contribution in [3.8, 4) is 0 Å². The van der Waals surface area contributed by atoms with Crippen LogP contribution >= 0.6 is 0 Å². The standard InChI is InChI=1S/C10H12O3S/c11-10(12)7-4-8-14(13)9-5-2-1-3-6-9/h1-3,5-6H,4,7-8H2,(H,11,12). The van der Waals surface area contributed by atoms with Gasteiger partial charge in [0.2, 0.25) is 0 Å². The van der Waals surface area contributed by atoms with E-state index in [1.807, 2.05) is 18.2 Å². The average Bonchev–Trinajstić information content (AvgIpc) is 2.18. The maximum Gasteiger partial charge on any atom is 0.303 e. The summed E-state index contributed by atoms with van der Waals surface area (Å²) in [5, 5.41) is 8.40. The van der Waals surface area contributed by atoms with Crippen LogP contribution in [0.2, 0.25) is 0 Å². The highest BCUT2D eigenvalue weighted by Crippen LogP contribution is 2.07. The maximum atomic E-state index is 11.5. The fourth-order valence-electron chi connectivity index (χ4n) is 1.04. The van der Waals surface area contributed by atoms with Crippen molar-refractivity contribution in [2.45, 2.75) is 17.7 Å². The molecule has 0 spiro atoms. The molecule has 0 fully saturated rings. The Bertz CT molecular complexity index is 321. The molecule has 3 nitrogen and oxygen atoms in total. The van der Waals surface area contributed by atoms with Crippen molar-refractivity contribution in [2.75, 3.05) is 5.75 Å². The molecule has 0 amide bonds. The lowest BCUT2D eigenvalue weighted by atomic mass is 10.3. The second kappa shape index (κ2) is 5.54. The van der Waals surface area contributed by atoms with E-state index in [4.69, 9.17) is 5.11 Å². The summed E-state index contributed by atoms with van der Waals surface area (Å²) in [6, 6.07) is 9.08. The van der Waals surface area contributed by atoms with Crippen LogP contribution < -0.4 is 0 Å². The molecule has 1 N–H and O–H groups in total. The van der Waals surface area contributed by atoms with E-state index in [0.29, 0.717) is 12.2 Å². The Morgan fingerprint density at radius 2 is 1.93 bits per heavy atom. The summed E-state index contributed by atoms with van der Waals surface area (Å²) in [5.74, 6) is -0.425. The van der Waals surface area contributed by atoms with Crippen LogP contribution in [0.4, 0.5) is 0 Å². The molecule has 4 heteroatoms. The van der Waals surface area contributed by atoms with Gasteiger partial charge in [0.05, 0.1) is 10.8 Å². The lowest BCUT2D eigenvalue weighted by Crippen LogP contribution is -2.02. The molecule has 1 rings (SSSR count). The van der Waals surface area contributed by atoms with Gasteiger partial charge in [-0.25, -0.2) is 0 Å². The van der Waals surface area contributed by atoms with E-state index >= 15 is 0 Å². The van der Waals surface area contributed by atoms with Gasteiger partial charge >= 0.3 is 5.97 Å². The topological polar surface area (TPSA) is 54.4 Å². The molecule has 0 aliphatic rings. The number of benzene rings is 1. The van der Waals surface area contributed by atoms with Gasteiger partial charge in [0, 0.05) is 17.1 Å². The zero-order valence-electron chi connectivity index (χ0n) is 7.68. The van der Waals surface area contributed by atoms with Crippen LogP contribution in [0.3, 0.4) is 0 Å². The molecule has 0 saturated heterocycles. The Labute approximate surface area is 85.2 Å². The average molecular weight is 212 g/mol. The Morgan fingerprint density at radius 1 is 1.29 bits per heavy atom. The smallest absolute Gasteiger partial charge is 0.303 e. The lowest BCUT2D eigenvalue weighted by Gasteiger charge is -1.99. The summed E-state index contributed by atoms with van der Waals surface area (Å²) >= 11 is 0. The van der Waals surface area contributed by atoms with E-state index in [-0.39, 0.29) is 6.42 Å². The van der Waals surface area contributed by atoms with Gasteiger partial charge in [0.1, 0.15) is 0 Å². The molecule has 76 valence electrons. The maximum absolute atomic E-state index is 11.5. The van der Waals surface area contributed by atoms with E-state index < -0.39 is 16.8 Å². The minimum absolute atomic E-state index is 0.0819. The lowest BCUT2D eigenvalue weighted by molar-refractivity contribution is -0.137. The largest absolute Gasteiger partial charge is 0.481 e. The predicted molar refractivity (Wildman–Crippen MR) is 54.6 cm³/mol. The van der Waals surface area contributed by atoms with Gasteiger partial charge < -0.3 is 5.11 Å². The number of carboxylic acids is 1. The monoisotopic (exact) mass is 212 g/mol. The van der Waals surface area contributed by atoms with E-state index in [1.54, 1.807) is 12.1 Å². The molecule has 1 unspecified atom stereocenters. The summed E-state index contributed by atoms with van der Waals surface area (Å²) in [6.07, 6.45) is 0.537. The first kappa shape index (κ1) is 10.9. The molecule has 1 atom stereocenters. The van der Waals surface area contributed by atoms with Crippen molar-refractivity contribution in [1.82, 2.24) is 0 Å². The molecule has 0 radical (unpaired) electrons. The predicted octanol–water partition coefficient (Wildman–Crippen LogP) is 1.66. The summed E-state index contributed by atoms with van der Waals surface area (Å²) in [7, 11) is -1.06. The second-order valence-corrected chi connectivity index (χ2v) is 4.43. The molecule has 1 aromatic rings. The van der Waals surface area contributed by atoms with Gasteiger partial charge in [-0.15, -0.1) is 0 Å². The first-order chi connectivity index (χ1) is 6.70. The van der Waals surface area contributed by atoms with E-state index in [2.05, 4.69) is 0 Å². The van der Waals surface area contributed by atoms with Gasteiger partial charge in [-0.1, -0.05) is 18.2 Å². The Morgan fingerprint density at radius 3 is 2.50 bits per heavy atom. The van der Waals surface area contributed by atoms with E-state index in [9.17, 15) is 9.00 Å².